The van der Waals surface area contributed by atoms with Crippen molar-refractivity contribution in [3.63, 3.8) is 0 Å². The Balaban J connectivity index is 1.17. The minimum Gasteiger partial charge on any atom is -0.434 e. The number of aromatic nitrogens is 3. The van der Waals surface area contributed by atoms with Gasteiger partial charge < -0.3 is 9.32 Å². The molecule has 2 aromatic heterocycles. The predicted octanol–water partition coefficient (Wildman–Crippen LogP) is 6.06. The number of oxazole rings is 1. The molecule has 0 saturated carbocycles. The van der Waals surface area contributed by atoms with Gasteiger partial charge in [-0.25, -0.2) is 4.98 Å². The van der Waals surface area contributed by atoms with Crippen LogP contribution in [0.2, 0.25) is 0 Å². The van der Waals surface area contributed by atoms with Crippen LogP contribution in [0.15, 0.2) is 77.5 Å². The topological polar surface area (TPSA) is 58.3 Å². The molecule has 1 fully saturated rings. The molecule has 0 unspecified atom stereocenters. The quantitative estimate of drug-likeness (QED) is 0.314. The molecule has 6 nitrogen and oxygen atoms in total. The molecule has 1 aliphatic rings. The molecule has 5 aromatic rings. The van der Waals surface area contributed by atoms with Gasteiger partial charge in [0.15, 0.2) is 5.58 Å². The van der Waals surface area contributed by atoms with Gasteiger partial charge in [0.05, 0.1) is 16.7 Å². The van der Waals surface area contributed by atoms with Gasteiger partial charge in [0.2, 0.25) is 5.89 Å². The SMILES string of the molecule is CC(C)(C)c1ccc(-c2nc3cccc(N4CCN(Cc5ccc6nccnc6c5)CC4)c3o2)cc1. The minimum atomic E-state index is 0.123. The highest BCUT2D eigenvalue weighted by molar-refractivity contribution is 5.88. The Morgan fingerprint density at radius 3 is 2.31 bits per heavy atom. The zero-order chi connectivity index (χ0) is 24.7. The highest BCUT2D eigenvalue weighted by Crippen LogP contribution is 2.33. The summed E-state index contributed by atoms with van der Waals surface area (Å²) in [5, 5.41) is 0. The van der Waals surface area contributed by atoms with Crippen molar-refractivity contribution in [1.29, 1.82) is 0 Å². The molecule has 182 valence electrons. The second kappa shape index (κ2) is 9.03. The third kappa shape index (κ3) is 4.44. The first-order valence-corrected chi connectivity index (χ1v) is 12.6. The first kappa shape index (κ1) is 22.7. The van der Waals surface area contributed by atoms with Gasteiger partial charge in [0.1, 0.15) is 5.52 Å². The van der Waals surface area contributed by atoms with Gasteiger partial charge in [-0.3, -0.25) is 14.9 Å². The smallest absolute Gasteiger partial charge is 0.227 e. The summed E-state index contributed by atoms with van der Waals surface area (Å²) in [6.45, 7) is 11.5. The molecule has 6 heteroatoms. The van der Waals surface area contributed by atoms with Crippen LogP contribution in [0.4, 0.5) is 5.69 Å². The van der Waals surface area contributed by atoms with Crippen LogP contribution >= 0.6 is 0 Å². The van der Waals surface area contributed by atoms with Crippen LogP contribution in [-0.4, -0.2) is 46.0 Å². The average molecular weight is 478 g/mol. The molecular formula is C30H31N5O. The lowest BCUT2D eigenvalue weighted by atomic mass is 9.87. The van der Waals surface area contributed by atoms with Crippen LogP contribution in [-0.2, 0) is 12.0 Å². The maximum atomic E-state index is 6.35. The lowest BCUT2D eigenvalue weighted by molar-refractivity contribution is 0.250. The summed E-state index contributed by atoms with van der Waals surface area (Å²) in [4.78, 5) is 18.6. The van der Waals surface area contributed by atoms with Crippen molar-refractivity contribution in [3.8, 4) is 11.5 Å². The molecule has 0 radical (unpaired) electrons. The molecule has 0 spiro atoms. The third-order valence-corrected chi connectivity index (χ3v) is 7.04. The summed E-state index contributed by atoms with van der Waals surface area (Å²) in [5.74, 6) is 0.677. The van der Waals surface area contributed by atoms with E-state index >= 15 is 0 Å². The van der Waals surface area contributed by atoms with Gasteiger partial charge in [0.25, 0.3) is 0 Å². The normalized spacial score (nSPS) is 15.1. The second-order valence-electron chi connectivity index (χ2n) is 10.6. The Hall–Kier alpha value is -3.77. The number of fused-ring (bicyclic) bond motifs is 2. The molecule has 3 heterocycles. The Morgan fingerprint density at radius 1 is 0.806 bits per heavy atom. The molecule has 0 bridgehead atoms. The van der Waals surface area contributed by atoms with Gasteiger partial charge in [-0.2, -0.15) is 0 Å². The van der Waals surface area contributed by atoms with Gasteiger partial charge in [0, 0.05) is 50.7 Å². The monoisotopic (exact) mass is 477 g/mol. The van der Waals surface area contributed by atoms with E-state index in [1.807, 2.05) is 6.07 Å². The fourth-order valence-corrected chi connectivity index (χ4v) is 4.93. The molecule has 1 aliphatic heterocycles. The van der Waals surface area contributed by atoms with Crippen LogP contribution < -0.4 is 4.90 Å². The average Bonchev–Trinajstić information content (AvgIpc) is 3.33. The molecular weight excluding hydrogens is 446 g/mol. The molecule has 0 N–H and O–H groups in total. The van der Waals surface area contributed by atoms with Gasteiger partial charge >= 0.3 is 0 Å². The Bertz CT molecular complexity index is 1510. The van der Waals surface area contributed by atoms with E-state index in [0.29, 0.717) is 5.89 Å². The second-order valence-corrected chi connectivity index (χ2v) is 10.6. The molecule has 36 heavy (non-hydrogen) atoms. The molecule has 1 saturated heterocycles. The van der Waals surface area contributed by atoms with Crippen molar-refractivity contribution in [3.05, 3.63) is 84.2 Å². The predicted molar refractivity (Wildman–Crippen MR) is 145 cm³/mol. The lowest BCUT2D eigenvalue weighted by Crippen LogP contribution is -2.46. The van der Waals surface area contributed by atoms with Crippen LogP contribution in [0.5, 0.6) is 0 Å². The van der Waals surface area contributed by atoms with E-state index in [-0.39, 0.29) is 5.41 Å². The van der Waals surface area contributed by atoms with E-state index in [4.69, 9.17) is 9.40 Å². The largest absolute Gasteiger partial charge is 0.434 e. The molecule has 0 amide bonds. The molecule has 0 aliphatic carbocycles. The number of hydrogen-bond donors (Lipinski definition) is 0. The number of piperazine rings is 1. The highest BCUT2D eigenvalue weighted by atomic mass is 16.3. The lowest BCUT2D eigenvalue weighted by Gasteiger charge is -2.36. The minimum absolute atomic E-state index is 0.123. The summed E-state index contributed by atoms with van der Waals surface area (Å²) in [5.41, 5.74) is 8.50. The highest BCUT2D eigenvalue weighted by Gasteiger charge is 2.22. The van der Waals surface area contributed by atoms with Crippen LogP contribution in [0.1, 0.15) is 31.9 Å². The fourth-order valence-electron chi connectivity index (χ4n) is 4.93. The van der Waals surface area contributed by atoms with E-state index in [9.17, 15) is 0 Å². The van der Waals surface area contributed by atoms with E-state index in [2.05, 4.69) is 95.1 Å². The maximum absolute atomic E-state index is 6.35. The summed E-state index contributed by atoms with van der Waals surface area (Å²) < 4.78 is 6.35. The van der Waals surface area contributed by atoms with E-state index < -0.39 is 0 Å². The van der Waals surface area contributed by atoms with Gasteiger partial charge in [-0.05, 0) is 52.9 Å². The Labute approximate surface area is 211 Å². The Morgan fingerprint density at radius 2 is 1.56 bits per heavy atom. The van der Waals surface area contributed by atoms with Crippen LogP contribution in [0.3, 0.4) is 0 Å². The Kier molecular flexibility index (Phi) is 5.69. The summed E-state index contributed by atoms with van der Waals surface area (Å²) in [6, 6.07) is 21.2. The van der Waals surface area contributed by atoms with Gasteiger partial charge in [-0.15, -0.1) is 0 Å². The van der Waals surface area contributed by atoms with Crippen LogP contribution in [0.25, 0.3) is 33.6 Å². The zero-order valence-corrected chi connectivity index (χ0v) is 21.1. The first-order chi connectivity index (χ1) is 17.4. The van der Waals surface area contributed by atoms with Crippen molar-refractivity contribution < 1.29 is 4.42 Å². The number of hydrogen-bond acceptors (Lipinski definition) is 6. The van der Waals surface area contributed by atoms with Crippen molar-refractivity contribution in [1.82, 2.24) is 19.9 Å². The standard InChI is InChI=1S/C30H31N5O/c1-30(2,3)23-10-8-22(9-11-23)29-33-25-5-4-6-27(28(25)36-29)35-17-15-34(16-18-35)20-21-7-12-24-26(19-21)32-14-13-31-24/h4-14,19H,15-18,20H2,1-3H3. The van der Waals surface area contributed by atoms with E-state index in [1.165, 1.54) is 11.1 Å². The van der Waals surface area contributed by atoms with Crippen molar-refractivity contribution in [2.75, 3.05) is 31.1 Å². The first-order valence-electron chi connectivity index (χ1n) is 12.6. The molecule has 6 rings (SSSR count). The van der Waals surface area contributed by atoms with Crippen LogP contribution in [0, 0.1) is 0 Å². The number of nitrogens with zero attached hydrogens (tertiary/aromatic N) is 5. The maximum Gasteiger partial charge on any atom is 0.227 e. The zero-order valence-electron chi connectivity index (χ0n) is 21.1. The van der Waals surface area contributed by atoms with Crippen molar-refractivity contribution in [2.45, 2.75) is 32.7 Å². The fraction of sp³-hybridized carbons (Fsp3) is 0.300. The van der Waals surface area contributed by atoms with Crippen molar-refractivity contribution in [2.24, 2.45) is 0 Å². The summed E-state index contributed by atoms with van der Waals surface area (Å²) in [7, 11) is 0. The molecule has 0 atom stereocenters. The van der Waals surface area contributed by atoms with E-state index in [1.54, 1.807) is 12.4 Å². The number of para-hydroxylation sites is 1. The third-order valence-electron chi connectivity index (χ3n) is 7.04. The summed E-state index contributed by atoms with van der Waals surface area (Å²) >= 11 is 0. The summed E-state index contributed by atoms with van der Waals surface area (Å²) in [6.07, 6.45) is 3.49. The number of benzene rings is 3. The number of anilines is 1. The number of rotatable bonds is 4. The van der Waals surface area contributed by atoms with Gasteiger partial charge in [-0.1, -0.05) is 45.0 Å². The van der Waals surface area contributed by atoms with Crippen molar-refractivity contribution >= 4 is 27.8 Å². The molecule has 3 aromatic carbocycles. The van der Waals surface area contributed by atoms with E-state index in [0.717, 1.165) is 66.1 Å².